The predicted molar refractivity (Wildman–Crippen MR) is 55.6 cm³/mol. The first-order valence-electron chi connectivity index (χ1n) is 4.92. The number of rotatable bonds is 4. The van der Waals surface area contributed by atoms with Gasteiger partial charge in [0.1, 0.15) is 6.54 Å². The Morgan fingerprint density at radius 1 is 1.20 bits per heavy atom. The minimum atomic E-state index is -0.757. The van der Waals surface area contributed by atoms with Crippen molar-refractivity contribution >= 4 is 11.8 Å². The van der Waals surface area contributed by atoms with Crippen molar-refractivity contribution in [2.75, 3.05) is 13.1 Å². The van der Waals surface area contributed by atoms with Gasteiger partial charge < -0.3 is 10.6 Å². The average Bonchev–Trinajstić information content (AvgIpc) is 2.21. The van der Waals surface area contributed by atoms with E-state index in [0.717, 1.165) is 0 Å². The summed E-state index contributed by atoms with van der Waals surface area (Å²) in [6.45, 7) is 6.42. The predicted octanol–water partition coefficient (Wildman–Crippen LogP) is 0.0345. The van der Waals surface area contributed by atoms with E-state index < -0.39 is 11.8 Å². The number of nitriles is 1. The second-order valence-corrected chi connectivity index (χ2v) is 3.77. The van der Waals surface area contributed by atoms with Crippen LogP contribution >= 0.6 is 0 Å². The van der Waals surface area contributed by atoms with Crippen LogP contribution in [0.4, 0.5) is 0 Å². The number of hydrogen-bond acceptors (Lipinski definition) is 3. The third kappa shape index (κ3) is 5.68. The van der Waals surface area contributed by atoms with E-state index in [-0.39, 0.29) is 6.54 Å². The summed E-state index contributed by atoms with van der Waals surface area (Å²) >= 11 is 0. The molecule has 0 aromatic rings. The lowest BCUT2D eigenvalue weighted by Crippen LogP contribution is -2.42. The molecule has 5 nitrogen and oxygen atoms in total. The minimum absolute atomic E-state index is 0.147. The summed E-state index contributed by atoms with van der Waals surface area (Å²) in [7, 11) is 0. The van der Waals surface area contributed by atoms with Crippen molar-refractivity contribution in [3.63, 3.8) is 0 Å². The molecule has 0 rings (SSSR count). The lowest BCUT2D eigenvalue weighted by Gasteiger charge is -2.15. The second-order valence-electron chi connectivity index (χ2n) is 3.77. The molecule has 0 aromatic carbocycles. The summed E-state index contributed by atoms with van der Waals surface area (Å²) in [6.07, 6.45) is 0. The third-order valence-electron chi connectivity index (χ3n) is 2.26. The number of nitrogens with one attached hydrogen (secondary N) is 2. The average molecular weight is 211 g/mol. The molecular weight excluding hydrogens is 194 g/mol. The van der Waals surface area contributed by atoms with E-state index in [1.54, 1.807) is 6.07 Å². The molecule has 2 N–H and O–H groups in total. The van der Waals surface area contributed by atoms with E-state index in [1.165, 1.54) is 0 Å². The molecule has 0 aliphatic rings. The first-order valence-corrected chi connectivity index (χ1v) is 4.92. The van der Waals surface area contributed by atoms with Crippen LogP contribution in [-0.2, 0) is 9.59 Å². The van der Waals surface area contributed by atoms with Gasteiger partial charge in [-0.1, -0.05) is 20.8 Å². The molecule has 0 saturated heterocycles. The molecule has 84 valence electrons. The topological polar surface area (TPSA) is 82.0 Å². The first-order chi connectivity index (χ1) is 6.99. The van der Waals surface area contributed by atoms with Gasteiger partial charge in [-0.05, 0) is 11.8 Å². The molecule has 1 unspecified atom stereocenters. The molecule has 1 atom stereocenters. The van der Waals surface area contributed by atoms with Gasteiger partial charge in [-0.25, -0.2) is 0 Å². The van der Waals surface area contributed by atoms with E-state index in [2.05, 4.69) is 10.6 Å². The zero-order valence-electron chi connectivity index (χ0n) is 9.33. The van der Waals surface area contributed by atoms with Crippen LogP contribution in [0.15, 0.2) is 0 Å². The Bertz CT molecular complexity index is 268. The van der Waals surface area contributed by atoms with Crippen molar-refractivity contribution < 1.29 is 9.59 Å². The number of nitrogens with zero attached hydrogens (tertiary/aromatic N) is 1. The van der Waals surface area contributed by atoms with Crippen LogP contribution in [0.5, 0.6) is 0 Å². The molecule has 0 heterocycles. The maximum absolute atomic E-state index is 11.1. The Morgan fingerprint density at radius 3 is 2.20 bits per heavy atom. The maximum atomic E-state index is 11.1. The lowest BCUT2D eigenvalue weighted by atomic mass is 9.98. The van der Waals surface area contributed by atoms with Gasteiger partial charge in [0.05, 0.1) is 6.07 Å². The Labute approximate surface area is 89.8 Å². The number of carbonyl (C=O) groups is 2. The molecule has 0 aliphatic heterocycles. The summed E-state index contributed by atoms with van der Waals surface area (Å²) < 4.78 is 0. The van der Waals surface area contributed by atoms with E-state index in [1.807, 2.05) is 20.8 Å². The molecule has 0 radical (unpaired) electrons. The van der Waals surface area contributed by atoms with Gasteiger partial charge in [0, 0.05) is 6.54 Å². The van der Waals surface area contributed by atoms with Crippen LogP contribution < -0.4 is 10.6 Å². The van der Waals surface area contributed by atoms with Gasteiger partial charge in [-0.15, -0.1) is 0 Å². The largest absolute Gasteiger partial charge is 0.348 e. The van der Waals surface area contributed by atoms with Crippen LogP contribution in [-0.4, -0.2) is 24.9 Å². The molecule has 0 saturated carbocycles. The highest BCUT2D eigenvalue weighted by Gasteiger charge is 2.14. The van der Waals surface area contributed by atoms with Crippen LogP contribution in [0, 0.1) is 23.2 Å². The number of hydrogen-bond donors (Lipinski definition) is 2. The quantitative estimate of drug-likeness (QED) is 0.508. The van der Waals surface area contributed by atoms with Crippen molar-refractivity contribution in [1.29, 1.82) is 5.26 Å². The van der Waals surface area contributed by atoms with E-state index >= 15 is 0 Å². The van der Waals surface area contributed by atoms with E-state index in [4.69, 9.17) is 5.26 Å². The Morgan fingerprint density at radius 2 is 1.73 bits per heavy atom. The van der Waals surface area contributed by atoms with Crippen LogP contribution in [0.1, 0.15) is 20.8 Å². The van der Waals surface area contributed by atoms with Crippen molar-refractivity contribution in [3.8, 4) is 6.07 Å². The fourth-order valence-corrected chi connectivity index (χ4v) is 0.770. The van der Waals surface area contributed by atoms with Crippen molar-refractivity contribution in [2.45, 2.75) is 20.8 Å². The summed E-state index contributed by atoms with van der Waals surface area (Å²) in [5, 5.41) is 12.9. The molecule has 5 heteroatoms. The maximum Gasteiger partial charge on any atom is 0.310 e. The summed E-state index contributed by atoms with van der Waals surface area (Å²) in [5.41, 5.74) is 0. The second kappa shape index (κ2) is 6.82. The molecule has 0 fully saturated rings. The Kier molecular flexibility index (Phi) is 6.11. The molecule has 0 aromatic heterocycles. The highest BCUT2D eigenvalue weighted by Crippen LogP contribution is 2.07. The van der Waals surface area contributed by atoms with Crippen molar-refractivity contribution in [3.05, 3.63) is 0 Å². The molecule has 2 amide bonds. The van der Waals surface area contributed by atoms with Crippen LogP contribution in [0.3, 0.4) is 0 Å². The summed E-state index contributed by atoms with van der Waals surface area (Å²) in [4.78, 5) is 22.2. The molecule has 15 heavy (non-hydrogen) atoms. The molecule has 0 spiro atoms. The molecule has 0 bridgehead atoms. The lowest BCUT2D eigenvalue weighted by molar-refractivity contribution is -0.139. The third-order valence-corrected chi connectivity index (χ3v) is 2.26. The van der Waals surface area contributed by atoms with E-state index in [0.29, 0.717) is 18.4 Å². The number of carbonyl (C=O) groups excluding carboxylic acids is 2. The fourth-order valence-electron chi connectivity index (χ4n) is 0.770. The summed E-state index contributed by atoms with van der Waals surface area (Å²) in [6, 6.07) is 1.72. The van der Waals surface area contributed by atoms with Crippen molar-refractivity contribution in [2.24, 2.45) is 11.8 Å². The van der Waals surface area contributed by atoms with Gasteiger partial charge in [0.15, 0.2) is 0 Å². The Hall–Kier alpha value is -1.57. The normalized spacial score (nSPS) is 11.7. The van der Waals surface area contributed by atoms with Gasteiger partial charge in [-0.3, -0.25) is 9.59 Å². The summed E-state index contributed by atoms with van der Waals surface area (Å²) in [5.74, 6) is -0.671. The standard InChI is InChI=1S/C10H17N3O2/c1-7(2)8(3)6-13-10(15)9(14)12-5-4-11/h7-8H,5-6H2,1-3H3,(H,12,14)(H,13,15). The van der Waals surface area contributed by atoms with Gasteiger partial charge >= 0.3 is 11.8 Å². The fraction of sp³-hybridized carbons (Fsp3) is 0.700. The first kappa shape index (κ1) is 13.4. The minimum Gasteiger partial charge on any atom is -0.348 e. The zero-order chi connectivity index (χ0) is 11.8. The number of amides is 2. The van der Waals surface area contributed by atoms with Crippen LogP contribution in [0.25, 0.3) is 0 Å². The van der Waals surface area contributed by atoms with Gasteiger partial charge in [0.25, 0.3) is 0 Å². The monoisotopic (exact) mass is 211 g/mol. The molecular formula is C10H17N3O2. The van der Waals surface area contributed by atoms with E-state index in [9.17, 15) is 9.59 Å². The highest BCUT2D eigenvalue weighted by molar-refractivity contribution is 6.35. The highest BCUT2D eigenvalue weighted by atomic mass is 16.2. The van der Waals surface area contributed by atoms with Gasteiger partial charge in [0.2, 0.25) is 0 Å². The smallest absolute Gasteiger partial charge is 0.310 e. The molecule has 0 aliphatic carbocycles. The Balaban J connectivity index is 3.84. The van der Waals surface area contributed by atoms with Crippen LogP contribution in [0.2, 0.25) is 0 Å². The van der Waals surface area contributed by atoms with Crippen molar-refractivity contribution in [1.82, 2.24) is 10.6 Å². The SMILES string of the molecule is CC(C)C(C)CNC(=O)C(=O)NCC#N. The van der Waals surface area contributed by atoms with Gasteiger partial charge in [-0.2, -0.15) is 5.26 Å². The zero-order valence-corrected chi connectivity index (χ0v) is 9.33.